The third kappa shape index (κ3) is 6.84. The number of aliphatic hydroxyl groups excluding tert-OH is 1. The molecule has 15 heavy (non-hydrogen) atoms. The van der Waals surface area contributed by atoms with Gasteiger partial charge in [0.1, 0.15) is 0 Å². The number of rotatable bonds is 8. The average molecular weight is 215 g/mol. The van der Waals surface area contributed by atoms with Gasteiger partial charge in [0.2, 0.25) is 0 Å². The first-order valence-corrected chi connectivity index (χ1v) is 5.82. The fourth-order valence-electron chi connectivity index (χ4n) is 1.48. The van der Waals surface area contributed by atoms with Crippen molar-refractivity contribution in [2.75, 3.05) is 47.3 Å². The molecule has 0 heterocycles. The lowest BCUT2D eigenvalue weighted by Crippen LogP contribution is -2.39. The number of hydrogen-bond acceptors (Lipinski definition) is 4. The molecule has 1 aliphatic rings. The summed E-state index contributed by atoms with van der Waals surface area (Å²) >= 11 is 0. The molecule has 4 heteroatoms. The molecule has 0 aromatic carbocycles. The first kappa shape index (κ1) is 12.9. The van der Waals surface area contributed by atoms with Crippen LogP contribution in [0.2, 0.25) is 0 Å². The van der Waals surface area contributed by atoms with Crippen LogP contribution in [-0.4, -0.2) is 74.4 Å². The van der Waals surface area contributed by atoms with Crippen molar-refractivity contribution >= 4 is 0 Å². The van der Waals surface area contributed by atoms with Crippen LogP contribution in [-0.2, 0) is 0 Å². The zero-order chi connectivity index (χ0) is 11.3. The van der Waals surface area contributed by atoms with Crippen LogP contribution in [0.25, 0.3) is 0 Å². The van der Waals surface area contributed by atoms with Gasteiger partial charge in [0.15, 0.2) is 0 Å². The van der Waals surface area contributed by atoms with Crippen molar-refractivity contribution in [2.24, 2.45) is 0 Å². The predicted molar refractivity (Wildman–Crippen MR) is 63.1 cm³/mol. The van der Waals surface area contributed by atoms with Crippen molar-refractivity contribution in [3.8, 4) is 0 Å². The van der Waals surface area contributed by atoms with E-state index in [0.29, 0.717) is 6.04 Å². The second kappa shape index (κ2) is 6.43. The third-order valence-electron chi connectivity index (χ3n) is 2.67. The highest BCUT2D eigenvalue weighted by Gasteiger charge is 2.21. The van der Waals surface area contributed by atoms with Crippen LogP contribution in [0.3, 0.4) is 0 Å². The standard InChI is InChI=1S/C11H25N3O/c1-13(2)6-7-14(3)9-11(15)8-12-10-4-5-10/h10-12,15H,4-9H2,1-3H3. The molecule has 4 nitrogen and oxygen atoms in total. The lowest BCUT2D eigenvalue weighted by Gasteiger charge is -2.22. The number of nitrogens with one attached hydrogen (secondary N) is 1. The molecule has 1 saturated carbocycles. The van der Waals surface area contributed by atoms with Gasteiger partial charge in [-0.3, -0.25) is 0 Å². The second-order valence-electron chi connectivity index (χ2n) is 4.90. The van der Waals surface area contributed by atoms with Crippen molar-refractivity contribution < 1.29 is 5.11 Å². The van der Waals surface area contributed by atoms with E-state index in [2.05, 4.69) is 36.3 Å². The molecule has 0 aromatic rings. The van der Waals surface area contributed by atoms with Gasteiger partial charge in [-0.1, -0.05) is 0 Å². The molecule has 1 fully saturated rings. The first-order valence-electron chi connectivity index (χ1n) is 5.82. The molecule has 0 amide bonds. The predicted octanol–water partition coefficient (Wildman–Crippen LogP) is -0.407. The Hall–Kier alpha value is -0.160. The molecule has 0 saturated heterocycles. The molecule has 0 aliphatic heterocycles. The minimum atomic E-state index is -0.238. The van der Waals surface area contributed by atoms with Gasteiger partial charge in [-0.05, 0) is 34.0 Å². The summed E-state index contributed by atoms with van der Waals surface area (Å²) in [7, 11) is 6.20. The van der Waals surface area contributed by atoms with E-state index in [1.165, 1.54) is 12.8 Å². The monoisotopic (exact) mass is 215 g/mol. The van der Waals surface area contributed by atoms with Gasteiger partial charge in [0.05, 0.1) is 6.10 Å². The zero-order valence-corrected chi connectivity index (χ0v) is 10.2. The normalized spacial score (nSPS) is 18.8. The summed E-state index contributed by atoms with van der Waals surface area (Å²) in [5, 5.41) is 13.1. The summed E-state index contributed by atoms with van der Waals surface area (Å²) in [5.74, 6) is 0. The Morgan fingerprint density at radius 2 is 1.93 bits per heavy atom. The summed E-state index contributed by atoms with van der Waals surface area (Å²) in [6.45, 7) is 3.54. The van der Waals surface area contributed by atoms with E-state index in [9.17, 15) is 5.11 Å². The molecule has 1 rings (SSSR count). The lowest BCUT2D eigenvalue weighted by molar-refractivity contribution is 0.120. The van der Waals surface area contributed by atoms with Crippen LogP contribution in [0.15, 0.2) is 0 Å². The molecule has 2 N–H and O–H groups in total. The summed E-state index contributed by atoms with van der Waals surface area (Å²) in [5.41, 5.74) is 0. The Labute approximate surface area is 93.2 Å². The van der Waals surface area contributed by atoms with E-state index in [4.69, 9.17) is 0 Å². The maximum atomic E-state index is 9.74. The molecule has 90 valence electrons. The fraction of sp³-hybridized carbons (Fsp3) is 1.00. The van der Waals surface area contributed by atoms with Gasteiger partial charge in [0, 0.05) is 32.2 Å². The largest absolute Gasteiger partial charge is 0.390 e. The Bertz CT molecular complexity index is 161. The van der Waals surface area contributed by atoms with Crippen molar-refractivity contribution in [1.82, 2.24) is 15.1 Å². The van der Waals surface area contributed by atoms with E-state index >= 15 is 0 Å². The number of nitrogens with zero attached hydrogens (tertiary/aromatic N) is 2. The molecule has 0 spiro atoms. The van der Waals surface area contributed by atoms with Gasteiger partial charge < -0.3 is 20.2 Å². The summed E-state index contributed by atoms with van der Waals surface area (Å²) < 4.78 is 0. The highest BCUT2D eigenvalue weighted by molar-refractivity contribution is 4.82. The van der Waals surface area contributed by atoms with Crippen LogP contribution in [0, 0.1) is 0 Å². The average Bonchev–Trinajstić information content (AvgIpc) is 2.95. The van der Waals surface area contributed by atoms with E-state index in [0.717, 1.165) is 26.2 Å². The Morgan fingerprint density at radius 1 is 1.27 bits per heavy atom. The van der Waals surface area contributed by atoms with Crippen LogP contribution in [0.4, 0.5) is 0 Å². The zero-order valence-electron chi connectivity index (χ0n) is 10.2. The van der Waals surface area contributed by atoms with E-state index in [1.807, 2.05) is 0 Å². The van der Waals surface area contributed by atoms with Crippen molar-refractivity contribution in [3.63, 3.8) is 0 Å². The maximum Gasteiger partial charge on any atom is 0.0791 e. The maximum absolute atomic E-state index is 9.74. The van der Waals surface area contributed by atoms with Crippen LogP contribution in [0.1, 0.15) is 12.8 Å². The van der Waals surface area contributed by atoms with Crippen molar-refractivity contribution in [1.29, 1.82) is 0 Å². The number of hydrogen-bond donors (Lipinski definition) is 2. The molecule has 0 radical (unpaired) electrons. The number of likely N-dealkylation sites (N-methyl/N-ethyl adjacent to an activating group) is 2. The topological polar surface area (TPSA) is 38.7 Å². The van der Waals surface area contributed by atoms with Crippen molar-refractivity contribution in [3.05, 3.63) is 0 Å². The van der Waals surface area contributed by atoms with E-state index in [1.54, 1.807) is 0 Å². The minimum Gasteiger partial charge on any atom is -0.390 e. The van der Waals surface area contributed by atoms with Gasteiger partial charge in [0.25, 0.3) is 0 Å². The minimum absolute atomic E-state index is 0.238. The summed E-state index contributed by atoms with van der Waals surface area (Å²) in [6.07, 6.45) is 2.32. The van der Waals surface area contributed by atoms with Crippen molar-refractivity contribution in [2.45, 2.75) is 25.0 Å². The van der Waals surface area contributed by atoms with Gasteiger partial charge >= 0.3 is 0 Å². The molecule has 1 aliphatic carbocycles. The second-order valence-corrected chi connectivity index (χ2v) is 4.90. The lowest BCUT2D eigenvalue weighted by atomic mass is 10.3. The van der Waals surface area contributed by atoms with Gasteiger partial charge in [-0.15, -0.1) is 0 Å². The summed E-state index contributed by atoms with van der Waals surface area (Å²) in [4.78, 5) is 4.34. The quantitative estimate of drug-likeness (QED) is 0.577. The molecular formula is C11H25N3O. The Kier molecular flexibility index (Phi) is 5.53. The van der Waals surface area contributed by atoms with E-state index < -0.39 is 0 Å². The van der Waals surface area contributed by atoms with Gasteiger partial charge in [-0.25, -0.2) is 0 Å². The smallest absolute Gasteiger partial charge is 0.0791 e. The van der Waals surface area contributed by atoms with Gasteiger partial charge in [-0.2, -0.15) is 0 Å². The molecular weight excluding hydrogens is 190 g/mol. The highest BCUT2D eigenvalue weighted by Crippen LogP contribution is 2.18. The molecule has 0 bridgehead atoms. The van der Waals surface area contributed by atoms with Crippen LogP contribution in [0.5, 0.6) is 0 Å². The van der Waals surface area contributed by atoms with E-state index in [-0.39, 0.29) is 6.10 Å². The van der Waals surface area contributed by atoms with Crippen LogP contribution < -0.4 is 5.32 Å². The molecule has 1 unspecified atom stereocenters. The fourth-order valence-corrected chi connectivity index (χ4v) is 1.48. The third-order valence-corrected chi connectivity index (χ3v) is 2.67. The molecule has 1 atom stereocenters. The van der Waals surface area contributed by atoms with Crippen LogP contribution >= 0.6 is 0 Å². The SMILES string of the molecule is CN(C)CCN(C)CC(O)CNC1CC1. The Balaban J connectivity index is 1.99. The Morgan fingerprint density at radius 3 is 2.47 bits per heavy atom. The summed E-state index contributed by atoms with van der Waals surface area (Å²) in [6, 6.07) is 0.687. The molecule has 0 aromatic heterocycles. The number of aliphatic hydroxyl groups is 1. The first-order chi connectivity index (χ1) is 7.08. The highest BCUT2D eigenvalue weighted by atomic mass is 16.3.